The van der Waals surface area contributed by atoms with Crippen molar-refractivity contribution >= 4 is 39.2 Å². The van der Waals surface area contributed by atoms with E-state index in [1.54, 1.807) is 12.1 Å². The SMILES string of the molecule is Cc1nn(C)c(Cl)c1S(=O)(=O)Nc1cccc(C2(C)NC(=O)NC2=O)c1. The maximum Gasteiger partial charge on any atom is 0.322 e. The highest BCUT2D eigenvalue weighted by molar-refractivity contribution is 7.92. The molecule has 2 aromatic rings. The molecule has 1 aromatic heterocycles. The van der Waals surface area contributed by atoms with Crippen LogP contribution in [0.5, 0.6) is 0 Å². The molecule has 0 spiro atoms. The summed E-state index contributed by atoms with van der Waals surface area (Å²) in [6, 6.07) is 5.58. The number of benzene rings is 1. The van der Waals surface area contributed by atoms with Crippen LogP contribution in [0.4, 0.5) is 10.5 Å². The Bertz CT molecular complexity index is 1030. The number of hydrogen-bond acceptors (Lipinski definition) is 5. The zero-order valence-corrected chi connectivity index (χ0v) is 15.7. The number of nitrogens with zero attached hydrogens (tertiary/aromatic N) is 2. The summed E-state index contributed by atoms with van der Waals surface area (Å²) in [6.45, 7) is 3.07. The van der Waals surface area contributed by atoms with Gasteiger partial charge < -0.3 is 5.32 Å². The first-order valence-corrected chi connectivity index (χ1v) is 9.37. The lowest BCUT2D eigenvalue weighted by atomic mass is 9.92. The minimum absolute atomic E-state index is 0.0134. The molecule has 1 atom stereocenters. The molecule has 138 valence electrons. The van der Waals surface area contributed by atoms with Crippen LogP contribution in [0.15, 0.2) is 29.2 Å². The van der Waals surface area contributed by atoms with Crippen molar-refractivity contribution < 1.29 is 18.0 Å². The quantitative estimate of drug-likeness (QED) is 0.670. The highest BCUT2D eigenvalue weighted by Gasteiger charge is 2.43. The minimum atomic E-state index is -3.99. The van der Waals surface area contributed by atoms with Gasteiger partial charge >= 0.3 is 6.03 Å². The van der Waals surface area contributed by atoms with E-state index in [0.29, 0.717) is 5.56 Å². The van der Waals surface area contributed by atoms with Crippen LogP contribution in [0.2, 0.25) is 5.15 Å². The standard InChI is InChI=1S/C15H16ClN5O4S/c1-8-11(12(16)21(3)19-8)26(24,25)20-10-6-4-5-9(7-10)15(2)13(22)17-14(23)18-15/h4-7,20H,1-3H3,(H2,17,18,22,23). The van der Waals surface area contributed by atoms with Gasteiger partial charge in [-0.05, 0) is 31.5 Å². The van der Waals surface area contributed by atoms with Crippen LogP contribution in [0.1, 0.15) is 18.2 Å². The molecule has 1 aliphatic rings. The molecule has 26 heavy (non-hydrogen) atoms. The maximum absolute atomic E-state index is 12.7. The predicted octanol–water partition coefficient (Wildman–Crippen LogP) is 1.24. The molecular formula is C15H16ClN5O4S. The molecule has 9 nitrogen and oxygen atoms in total. The molecule has 0 aliphatic carbocycles. The second-order valence-electron chi connectivity index (χ2n) is 6.05. The van der Waals surface area contributed by atoms with Crippen LogP contribution < -0.4 is 15.4 Å². The van der Waals surface area contributed by atoms with E-state index in [1.165, 1.54) is 37.7 Å². The van der Waals surface area contributed by atoms with E-state index in [2.05, 4.69) is 20.5 Å². The number of amides is 3. The number of imide groups is 1. The maximum atomic E-state index is 12.7. The number of rotatable bonds is 4. The van der Waals surface area contributed by atoms with Gasteiger partial charge in [0, 0.05) is 12.7 Å². The summed E-state index contributed by atoms with van der Waals surface area (Å²) >= 11 is 6.04. The number of urea groups is 1. The van der Waals surface area contributed by atoms with Crippen molar-refractivity contribution in [3.05, 3.63) is 40.7 Å². The molecule has 3 N–H and O–H groups in total. The normalized spacial score (nSPS) is 20.0. The number of halogens is 1. The van der Waals surface area contributed by atoms with Gasteiger partial charge in [0.25, 0.3) is 15.9 Å². The number of aromatic nitrogens is 2. The van der Waals surface area contributed by atoms with Gasteiger partial charge in [0.1, 0.15) is 15.6 Å². The van der Waals surface area contributed by atoms with Gasteiger partial charge in [-0.3, -0.25) is 19.5 Å². The van der Waals surface area contributed by atoms with Crippen molar-refractivity contribution in [2.45, 2.75) is 24.3 Å². The first-order chi connectivity index (χ1) is 12.0. The Kier molecular flexibility index (Phi) is 4.20. The molecule has 1 fully saturated rings. The Balaban J connectivity index is 1.97. The largest absolute Gasteiger partial charge is 0.322 e. The van der Waals surface area contributed by atoms with E-state index >= 15 is 0 Å². The van der Waals surface area contributed by atoms with E-state index in [0.717, 1.165) is 0 Å². The summed E-state index contributed by atoms with van der Waals surface area (Å²) in [5, 5.41) is 8.67. The molecule has 3 rings (SSSR count). The first-order valence-electron chi connectivity index (χ1n) is 7.50. The van der Waals surface area contributed by atoms with Crippen LogP contribution in [-0.2, 0) is 27.4 Å². The fraction of sp³-hybridized carbons (Fsp3) is 0.267. The minimum Gasteiger partial charge on any atom is -0.320 e. The van der Waals surface area contributed by atoms with Crippen molar-refractivity contribution in [3.8, 4) is 0 Å². The van der Waals surface area contributed by atoms with Gasteiger partial charge in [-0.15, -0.1) is 0 Å². The van der Waals surface area contributed by atoms with E-state index in [9.17, 15) is 18.0 Å². The Morgan fingerprint density at radius 3 is 2.54 bits per heavy atom. The average molecular weight is 398 g/mol. The Hall–Kier alpha value is -2.59. The summed E-state index contributed by atoms with van der Waals surface area (Å²) in [4.78, 5) is 23.4. The fourth-order valence-electron chi connectivity index (χ4n) is 2.76. The monoisotopic (exact) mass is 397 g/mol. The smallest absolute Gasteiger partial charge is 0.320 e. The molecule has 11 heteroatoms. The molecule has 1 saturated heterocycles. The van der Waals surface area contributed by atoms with Crippen molar-refractivity contribution in [3.63, 3.8) is 0 Å². The van der Waals surface area contributed by atoms with Crippen molar-refractivity contribution in [2.75, 3.05) is 4.72 Å². The topological polar surface area (TPSA) is 122 Å². The Morgan fingerprint density at radius 2 is 2.00 bits per heavy atom. The lowest BCUT2D eigenvalue weighted by Gasteiger charge is -2.21. The summed E-state index contributed by atoms with van der Waals surface area (Å²) in [7, 11) is -2.45. The van der Waals surface area contributed by atoms with Crippen molar-refractivity contribution in [2.24, 2.45) is 7.05 Å². The summed E-state index contributed by atoms with van der Waals surface area (Å²) in [6.07, 6.45) is 0. The molecule has 0 saturated carbocycles. The van der Waals surface area contributed by atoms with E-state index in [4.69, 9.17) is 11.6 Å². The Morgan fingerprint density at radius 1 is 1.31 bits per heavy atom. The van der Waals surface area contributed by atoms with Gasteiger partial charge in [-0.1, -0.05) is 23.7 Å². The first kappa shape index (κ1) is 18.2. The van der Waals surface area contributed by atoms with E-state index in [1.807, 2.05) is 0 Å². The molecule has 0 radical (unpaired) electrons. The average Bonchev–Trinajstić information content (AvgIpc) is 2.94. The number of hydrogen-bond donors (Lipinski definition) is 3. The molecule has 1 aromatic carbocycles. The van der Waals surface area contributed by atoms with Crippen LogP contribution >= 0.6 is 11.6 Å². The second kappa shape index (κ2) is 5.99. The third kappa shape index (κ3) is 2.90. The number of anilines is 1. The van der Waals surface area contributed by atoms with Crippen LogP contribution in [0.3, 0.4) is 0 Å². The highest BCUT2D eigenvalue weighted by Crippen LogP contribution is 2.29. The summed E-state index contributed by atoms with van der Waals surface area (Å²) < 4.78 is 29.1. The number of sulfonamides is 1. The Labute approximate surface area is 154 Å². The van der Waals surface area contributed by atoms with E-state index < -0.39 is 27.5 Å². The third-order valence-corrected chi connectivity index (χ3v) is 6.18. The van der Waals surface area contributed by atoms with Crippen molar-refractivity contribution in [1.29, 1.82) is 0 Å². The lowest BCUT2D eigenvalue weighted by Crippen LogP contribution is -2.40. The summed E-state index contributed by atoms with van der Waals surface area (Å²) in [5.74, 6) is -0.520. The van der Waals surface area contributed by atoms with Crippen LogP contribution in [0, 0.1) is 6.92 Å². The van der Waals surface area contributed by atoms with Gasteiger partial charge in [0.15, 0.2) is 0 Å². The molecule has 3 amide bonds. The number of carbonyl (C=O) groups excluding carboxylic acids is 2. The van der Waals surface area contributed by atoms with Gasteiger partial charge in [-0.2, -0.15) is 5.10 Å². The molecule has 2 heterocycles. The fourth-order valence-corrected chi connectivity index (χ4v) is 4.56. The van der Waals surface area contributed by atoms with Crippen molar-refractivity contribution in [1.82, 2.24) is 20.4 Å². The lowest BCUT2D eigenvalue weighted by molar-refractivity contribution is -0.123. The zero-order valence-electron chi connectivity index (χ0n) is 14.1. The number of aryl methyl sites for hydroxylation is 2. The summed E-state index contributed by atoms with van der Waals surface area (Å²) in [5.41, 5.74) is -0.386. The number of nitrogens with one attached hydrogen (secondary N) is 3. The van der Waals surface area contributed by atoms with Crippen LogP contribution in [0.25, 0.3) is 0 Å². The second-order valence-corrected chi connectivity index (χ2v) is 8.03. The molecule has 1 unspecified atom stereocenters. The highest BCUT2D eigenvalue weighted by atomic mass is 35.5. The van der Waals surface area contributed by atoms with Crippen LogP contribution in [-0.4, -0.2) is 30.1 Å². The third-order valence-electron chi connectivity index (χ3n) is 4.11. The number of carbonyl (C=O) groups is 2. The van der Waals surface area contributed by atoms with Gasteiger partial charge in [0.2, 0.25) is 0 Å². The molecule has 1 aliphatic heterocycles. The molecule has 0 bridgehead atoms. The predicted molar refractivity (Wildman–Crippen MR) is 94.2 cm³/mol. The van der Waals surface area contributed by atoms with Gasteiger partial charge in [-0.25, -0.2) is 13.2 Å². The zero-order chi connectivity index (χ0) is 19.3. The van der Waals surface area contributed by atoms with Gasteiger partial charge in [0.05, 0.1) is 5.69 Å². The van der Waals surface area contributed by atoms with E-state index in [-0.39, 0.29) is 21.4 Å². The molecular weight excluding hydrogens is 382 g/mol.